The minimum atomic E-state index is -2.93. The highest BCUT2D eigenvalue weighted by Gasteiger charge is 2.35. The van der Waals surface area contributed by atoms with Crippen LogP contribution in [0, 0.1) is 0 Å². The van der Waals surface area contributed by atoms with Crippen LogP contribution in [0.25, 0.3) is 0 Å². The van der Waals surface area contributed by atoms with E-state index in [4.69, 9.17) is 11.6 Å². The van der Waals surface area contributed by atoms with Gasteiger partial charge in [0.1, 0.15) is 5.82 Å². The molecule has 1 saturated heterocycles. The molecule has 100 valence electrons. The molecular weight excluding hydrogens is 276 g/mol. The molecule has 5 nitrogen and oxygen atoms in total. The zero-order valence-electron chi connectivity index (χ0n) is 9.84. The van der Waals surface area contributed by atoms with Crippen LogP contribution < -0.4 is 0 Å². The van der Waals surface area contributed by atoms with Crippen LogP contribution in [-0.2, 0) is 16.4 Å². The first-order chi connectivity index (χ1) is 8.48. The van der Waals surface area contributed by atoms with Gasteiger partial charge in [0.15, 0.2) is 15.0 Å². The minimum absolute atomic E-state index is 0.0773. The predicted octanol–water partition coefficient (Wildman–Crippen LogP) is 1.27. The molecule has 0 amide bonds. The molecule has 1 aromatic heterocycles. The molecule has 7 heteroatoms. The zero-order chi connectivity index (χ0) is 12.9. The summed E-state index contributed by atoms with van der Waals surface area (Å²) in [5.74, 6) is 1.02. The highest BCUT2D eigenvalue weighted by Crippen LogP contribution is 2.36. The molecule has 0 bridgehead atoms. The smallest absolute Gasteiger partial charge is 0.153 e. The van der Waals surface area contributed by atoms with Crippen LogP contribution in [0.4, 0.5) is 0 Å². The van der Waals surface area contributed by atoms with E-state index in [-0.39, 0.29) is 17.4 Å². The standard InChI is InChI=1S/C11H15ClN2O3S/c12-10-9-8(15)2-1-4-14(9)11(13-10)7-3-5-18(16,17)6-7/h7-8,15H,1-6H2. The van der Waals surface area contributed by atoms with Crippen molar-refractivity contribution in [2.75, 3.05) is 11.5 Å². The summed E-state index contributed by atoms with van der Waals surface area (Å²) in [6.45, 7) is 0.762. The molecule has 3 rings (SSSR count). The normalized spacial score (nSPS) is 30.3. The Morgan fingerprint density at radius 3 is 2.83 bits per heavy atom. The molecule has 18 heavy (non-hydrogen) atoms. The van der Waals surface area contributed by atoms with Crippen LogP contribution >= 0.6 is 11.6 Å². The van der Waals surface area contributed by atoms with Gasteiger partial charge >= 0.3 is 0 Å². The first-order valence-corrected chi connectivity index (χ1v) is 8.32. The molecule has 0 radical (unpaired) electrons. The van der Waals surface area contributed by atoms with Gasteiger partial charge in [0.05, 0.1) is 23.3 Å². The third kappa shape index (κ3) is 1.96. The van der Waals surface area contributed by atoms with Gasteiger partial charge in [-0.3, -0.25) is 0 Å². The van der Waals surface area contributed by atoms with E-state index in [2.05, 4.69) is 4.98 Å². The molecule has 0 saturated carbocycles. The molecule has 2 atom stereocenters. The van der Waals surface area contributed by atoms with Gasteiger partial charge in [-0.2, -0.15) is 0 Å². The van der Waals surface area contributed by atoms with Gasteiger partial charge in [0.2, 0.25) is 0 Å². The molecule has 1 aromatic rings. The van der Waals surface area contributed by atoms with Crippen LogP contribution in [0.15, 0.2) is 0 Å². The highest BCUT2D eigenvalue weighted by molar-refractivity contribution is 7.91. The van der Waals surface area contributed by atoms with E-state index in [1.165, 1.54) is 0 Å². The Kier molecular flexibility index (Phi) is 2.91. The fourth-order valence-electron chi connectivity index (χ4n) is 2.90. The number of hydrogen-bond acceptors (Lipinski definition) is 4. The maximum Gasteiger partial charge on any atom is 0.153 e. The number of imidazole rings is 1. The predicted molar refractivity (Wildman–Crippen MR) is 67.4 cm³/mol. The van der Waals surface area contributed by atoms with Crippen molar-refractivity contribution < 1.29 is 13.5 Å². The Hall–Kier alpha value is -0.590. The monoisotopic (exact) mass is 290 g/mol. The average molecular weight is 291 g/mol. The van der Waals surface area contributed by atoms with Gasteiger partial charge in [-0.25, -0.2) is 13.4 Å². The molecule has 0 aliphatic carbocycles. The third-order valence-electron chi connectivity index (χ3n) is 3.76. The highest BCUT2D eigenvalue weighted by atomic mass is 35.5. The molecule has 0 spiro atoms. The lowest BCUT2D eigenvalue weighted by Crippen LogP contribution is -2.19. The van der Waals surface area contributed by atoms with Crippen molar-refractivity contribution in [2.24, 2.45) is 0 Å². The van der Waals surface area contributed by atoms with Crippen molar-refractivity contribution in [3.8, 4) is 0 Å². The van der Waals surface area contributed by atoms with E-state index in [9.17, 15) is 13.5 Å². The third-order valence-corrected chi connectivity index (χ3v) is 5.81. The number of aromatic nitrogens is 2. The van der Waals surface area contributed by atoms with E-state index in [1.54, 1.807) is 0 Å². The van der Waals surface area contributed by atoms with Gasteiger partial charge < -0.3 is 9.67 Å². The second-order valence-electron chi connectivity index (χ2n) is 5.06. The number of hydrogen-bond donors (Lipinski definition) is 1. The minimum Gasteiger partial charge on any atom is -0.387 e. The number of rotatable bonds is 1. The number of sulfone groups is 1. The Morgan fingerprint density at radius 2 is 2.17 bits per heavy atom. The van der Waals surface area contributed by atoms with Gasteiger partial charge in [-0.1, -0.05) is 11.6 Å². The molecule has 3 heterocycles. The first-order valence-electron chi connectivity index (χ1n) is 6.12. The van der Waals surface area contributed by atoms with Crippen molar-refractivity contribution in [1.82, 2.24) is 9.55 Å². The molecular formula is C11H15ClN2O3S. The summed E-state index contributed by atoms with van der Waals surface area (Å²) in [6.07, 6.45) is 1.58. The quantitative estimate of drug-likeness (QED) is 0.845. The van der Waals surface area contributed by atoms with E-state index < -0.39 is 15.9 Å². The lowest BCUT2D eigenvalue weighted by molar-refractivity contribution is 0.138. The van der Waals surface area contributed by atoms with E-state index in [1.807, 2.05) is 4.57 Å². The number of aliphatic hydroxyl groups is 1. The maximum absolute atomic E-state index is 11.5. The fourth-order valence-corrected chi connectivity index (χ4v) is 4.95. The summed E-state index contributed by atoms with van der Waals surface area (Å²) >= 11 is 6.07. The molecule has 2 aliphatic heterocycles. The number of nitrogens with zero attached hydrogens (tertiary/aromatic N) is 2. The van der Waals surface area contributed by atoms with Crippen molar-refractivity contribution in [2.45, 2.75) is 37.8 Å². The fraction of sp³-hybridized carbons (Fsp3) is 0.727. The van der Waals surface area contributed by atoms with Crippen LogP contribution in [0.1, 0.15) is 42.8 Å². The molecule has 2 aliphatic rings. The Balaban J connectivity index is 2.02. The summed E-state index contributed by atoms with van der Waals surface area (Å²) in [4.78, 5) is 4.29. The van der Waals surface area contributed by atoms with Crippen LogP contribution in [0.2, 0.25) is 5.15 Å². The Labute approximate surface area is 111 Å². The molecule has 2 unspecified atom stereocenters. The van der Waals surface area contributed by atoms with Crippen molar-refractivity contribution in [3.05, 3.63) is 16.7 Å². The van der Waals surface area contributed by atoms with Crippen LogP contribution in [0.3, 0.4) is 0 Å². The summed E-state index contributed by atoms with van der Waals surface area (Å²) in [5, 5.41) is 10.3. The average Bonchev–Trinajstić information content (AvgIpc) is 2.81. The lowest BCUT2D eigenvalue weighted by Gasteiger charge is -2.22. The largest absolute Gasteiger partial charge is 0.387 e. The van der Waals surface area contributed by atoms with E-state index >= 15 is 0 Å². The Bertz CT molecular complexity index is 581. The zero-order valence-corrected chi connectivity index (χ0v) is 11.4. The second-order valence-corrected chi connectivity index (χ2v) is 7.64. The van der Waals surface area contributed by atoms with Crippen LogP contribution in [-0.4, -0.2) is 34.6 Å². The lowest BCUT2D eigenvalue weighted by atomic mass is 10.1. The van der Waals surface area contributed by atoms with Gasteiger partial charge in [0.25, 0.3) is 0 Å². The van der Waals surface area contributed by atoms with Crippen molar-refractivity contribution in [3.63, 3.8) is 0 Å². The maximum atomic E-state index is 11.5. The SMILES string of the molecule is O=S1(=O)CCC(c2nc(Cl)c3n2CCCC3O)C1. The summed E-state index contributed by atoms with van der Waals surface area (Å²) in [5.41, 5.74) is 0.655. The van der Waals surface area contributed by atoms with Gasteiger partial charge in [0, 0.05) is 12.5 Å². The Morgan fingerprint density at radius 1 is 1.39 bits per heavy atom. The second kappa shape index (κ2) is 4.21. The van der Waals surface area contributed by atoms with Gasteiger partial charge in [-0.15, -0.1) is 0 Å². The van der Waals surface area contributed by atoms with E-state index in [0.29, 0.717) is 23.7 Å². The topological polar surface area (TPSA) is 72.2 Å². The van der Waals surface area contributed by atoms with Crippen molar-refractivity contribution >= 4 is 21.4 Å². The summed E-state index contributed by atoms with van der Waals surface area (Å²) in [6, 6.07) is 0. The van der Waals surface area contributed by atoms with Crippen LogP contribution in [0.5, 0.6) is 0 Å². The molecule has 0 aromatic carbocycles. The first kappa shape index (κ1) is 12.4. The van der Waals surface area contributed by atoms with Crippen molar-refractivity contribution in [1.29, 1.82) is 0 Å². The summed E-state index contributed by atoms with van der Waals surface area (Å²) < 4.78 is 25.0. The van der Waals surface area contributed by atoms with Gasteiger partial charge in [-0.05, 0) is 19.3 Å². The number of aliphatic hydroxyl groups excluding tert-OH is 1. The number of halogens is 1. The molecule has 1 N–H and O–H groups in total. The van der Waals surface area contributed by atoms with E-state index in [0.717, 1.165) is 18.8 Å². The number of fused-ring (bicyclic) bond motifs is 1. The summed E-state index contributed by atoms with van der Waals surface area (Å²) in [7, 11) is -2.93. The molecule has 1 fully saturated rings.